The molecule has 3 rings (SSSR count). The van der Waals surface area contributed by atoms with Crippen LogP contribution in [0.4, 0.5) is 0 Å². The van der Waals surface area contributed by atoms with Crippen molar-refractivity contribution in [3.63, 3.8) is 0 Å². The van der Waals surface area contributed by atoms with Crippen LogP contribution in [0.15, 0.2) is 9.52 Å². The third-order valence-corrected chi connectivity index (χ3v) is 5.77. The van der Waals surface area contributed by atoms with E-state index in [0.717, 1.165) is 88.3 Å². The van der Waals surface area contributed by atoms with Crippen LogP contribution in [-0.2, 0) is 28.9 Å². The van der Waals surface area contributed by atoms with E-state index in [2.05, 4.69) is 39.5 Å². The molecule has 0 bridgehead atoms. The van der Waals surface area contributed by atoms with E-state index in [9.17, 15) is 0 Å². The van der Waals surface area contributed by atoms with Crippen LogP contribution in [0.25, 0.3) is 0 Å². The van der Waals surface area contributed by atoms with Crippen LogP contribution in [0.5, 0.6) is 0 Å². The summed E-state index contributed by atoms with van der Waals surface area (Å²) in [6.45, 7) is 11.0. The van der Waals surface area contributed by atoms with Crippen LogP contribution in [0.2, 0.25) is 0 Å². The topological polar surface area (TPSA) is 84.2 Å². The Hall–Kier alpha value is -0.910. The molecule has 1 aromatic heterocycles. The second kappa shape index (κ2) is 12.7. The van der Waals surface area contributed by atoms with Crippen molar-refractivity contribution in [2.24, 2.45) is 10.9 Å². The number of aromatic nitrogens is 1. The SMILES string of the molecule is CCc1noc(CC)c1CNC(=NC)NCC(C1CCOC1)N1CCOCC1.I. The molecule has 0 radical (unpaired) electrons. The van der Waals surface area contributed by atoms with Gasteiger partial charge in [0.2, 0.25) is 0 Å². The zero-order valence-electron chi connectivity index (χ0n) is 17.9. The minimum Gasteiger partial charge on any atom is -0.381 e. The number of morpholine rings is 1. The van der Waals surface area contributed by atoms with E-state index in [1.54, 1.807) is 0 Å². The number of hydrogen-bond acceptors (Lipinski definition) is 6. The number of nitrogens with one attached hydrogen (secondary N) is 2. The fourth-order valence-electron chi connectivity index (χ4n) is 4.09. The summed E-state index contributed by atoms with van der Waals surface area (Å²) >= 11 is 0. The molecule has 166 valence electrons. The highest BCUT2D eigenvalue weighted by molar-refractivity contribution is 14.0. The average Bonchev–Trinajstić information content (AvgIpc) is 3.40. The van der Waals surface area contributed by atoms with E-state index in [1.165, 1.54) is 0 Å². The van der Waals surface area contributed by atoms with Crippen LogP contribution in [0.3, 0.4) is 0 Å². The van der Waals surface area contributed by atoms with Crippen molar-refractivity contribution in [1.29, 1.82) is 0 Å². The summed E-state index contributed by atoms with van der Waals surface area (Å²) in [6.07, 6.45) is 2.83. The molecule has 2 aliphatic heterocycles. The van der Waals surface area contributed by atoms with Crippen LogP contribution in [-0.4, -0.2) is 75.2 Å². The maximum absolute atomic E-state index is 5.66. The molecule has 2 saturated heterocycles. The highest BCUT2D eigenvalue weighted by Gasteiger charge is 2.31. The first-order valence-corrected chi connectivity index (χ1v) is 10.6. The van der Waals surface area contributed by atoms with E-state index in [-0.39, 0.29) is 24.0 Å². The van der Waals surface area contributed by atoms with E-state index in [1.807, 2.05) is 7.05 Å². The van der Waals surface area contributed by atoms with Crippen molar-refractivity contribution in [2.45, 2.75) is 45.7 Å². The summed E-state index contributed by atoms with van der Waals surface area (Å²) in [4.78, 5) is 6.95. The summed E-state index contributed by atoms with van der Waals surface area (Å²) in [5.74, 6) is 2.32. The molecule has 9 heteroatoms. The molecule has 8 nitrogen and oxygen atoms in total. The van der Waals surface area contributed by atoms with Crippen molar-refractivity contribution in [3.05, 3.63) is 17.0 Å². The summed E-state index contributed by atoms with van der Waals surface area (Å²) < 4.78 is 16.7. The van der Waals surface area contributed by atoms with Gasteiger partial charge in [-0.25, -0.2) is 0 Å². The van der Waals surface area contributed by atoms with Gasteiger partial charge >= 0.3 is 0 Å². The van der Waals surface area contributed by atoms with Gasteiger partial charge in [0.15, 0.2) is 5.96 Å². The number of halogens is 1. The van der Waals surface area contributed by atoms with E-state index < -0.39 is 0 Å². The lowest BCUT2D eigenvalue weighted by atomic mass is 9.97. The Labute approximate surface area is 191 Å². The maximum atomic E-state index is 5.66. The zero-order valence-corrected chi connectivity index (χ0v) is 20.2. The summed E-state index contributed by atoms with van der Waals surface area (Å²) in [5, 5.41) is 11.2. The molecule has 0 spiro atoms. The first-order valence-electron chi connectivity index (χ1n) is 10.6. The number of aliphatic imine (C=N–C) groups is 1. The second-order valence-corrected chi connectivity index (χ2v) is 7.38. The van der Waals surface area contributed by atoms with Gasteiger partial charge < -0.3 is 24.6 Å². The minimum absolute atomic E-state index is 0. The number of ether oxygens (including phenoxy) is 2. The Morgan fingerprint density at radius 3 is 2.59 bits per heavy atom. The monoisotopic (exact) mass is 521 g/mol. The van der Waals surface area contributed by atoms with Crippen molar-refractivity contribution in [3.8, 4) is 0 Å². The zero-order chi connectivity index (χ0) is 19.8. The largest absolute Gasteiger partial charge is 0.381 e. The van der Waals surface area contributed by atoms with E-state index in [4.69, 9.17) is 14.0 Å². The number of nitrogens with zero attached hydrogens (tertiary/aromatic N) is 3. The molecule has 2 fully saturated rings. The number of rotatable bonds is 8. The lowest BCUT2D eigenvalue weighted by molar-refractivity contribution is 0.00246. The molecule has 2 N–H and O–H groups in total. The molecular weight excluding hydrogens is 485 g/mol. The first-order chi connectivity index (χ1) is 13.8. The summed E-state index contributed by atoms with van der Waals surface area (Å²) in [5.41, 5.74) is 2.18. The molecule has 2 unspecified atom stereocenters. The van der Waals surface area contributed by atoms with Crippen molar-refractivity contribution in [1.82, 2.24) is 20.7 Å². The van der Waals surface area contributed by atoms with E-state index >= 15 is 0 Å². The average molecular weight is 521 g/mol. The molecule has 0 aromatic carbocycles. The summed E-state index contributed by atoms with van der Waals surface area (Å²) in [7, 11) is 1.81. The van der Waals surface area contributed by atoms with Crippen LogP contribution in [0, 0.1) is 5.92 Å². The normalized spacial score (nSPS) is 21.6. The first kappa shape index (κ1) is 24.4. The highest BCUT2D eigenvalue weighted by atomic mass is 127. The molecule has 0 amide bonds. The van der Waals surface area contributed by atoms with Gasteiger partial charge in [-0.15, -0.1) is 24.0 Å². The van der Waals surface area contributed by atoms with Gasteiger partial charge in [0.05, 0.1) is 25.5 Å². The van der Waals surface area contributed by atoms with Gasteiger partial charge in [0.25, 0.3) is 0 Å². The summed E-state index contributed by atoms with van der Waals surface area (Å²) in [6, 6.07) is 0.429. The Bertz CT molecular complexity index is 606. The highest BCUT2D eigenvalue weighted by Crippen LogP contribution is 2.22. The van der Waals surface area contributed by atoms with Gasteiger partial charge in [0, 0.05) is 63.8 Å². The minimum atomic E-state index is 0. The number of guanidine groups is 1. The van der Waals surface area contributed by atoms with Crippen LogP contribution >= 0.6 is 24.0 Å². The molecule has 0 aliphatic carbocycles. The third-order valence-electron chi connectivity index (χ3n) is 5.77. The van der Waals surface area contributed by atoms with Crippen LogP contribution in [0.1, 0.15) is 37.3 Å². The maximum Gasteiger partial charge on any atom is 0.191 e. The van der Waals surface area contributed by atoms with Crippen molar-refractivity contribution in [2.75, 3.05) is 53.1 Å². The van der Waals surface area contributed by atoms with Gasteiger partial charge in [-0.1, -0.05) is 19.0 Å². The standard InChI is InChI=1S/C20H35N5O3.HI/c1-4-17-16(19(5-2)28-24-17)12-22-20(21-3)23-13-18(15-6-9-27-14-15)25-7-10-26-11-8-25;/h15,18H,4-14H2,1-3H3,(H2,21,22,23);1H. The second-order valence-electron chi connectivity index (χ2n) is 7.38. The molecule has 0 saturated carbocycles. The quantitative estimate of drug-likeness (QED) is 0.307. The smallest absolute Gasteiger partial charge is 0.191 e. The van der Waals surface area contributed by atoms with Gasteiger partial charge in [0.1, 0.15) is 5.76 Å². The van der Waals surface area contributed by atoms with Crippen molar-refractivity contribution >= 4 is 29.9 Å². The number of hydrogen-bond donors (Lipinski definition) is 2. The molecule has 3 heterocycles. The van der Waals surface area contributed by atoms with Crippen LogP contribution < -0.4 is 10.6 Å². The molecule has 1 aromatic rings. The fourth-order valence-corrected chi connectivity index (χ4v) is 4.09. The Balaban J connectivity index is 0.00000300. The fraction of sp³-hybridized carbons (Fsp3) is 0.800. The molecular formula is C20H36IN5O3. The molecule has 2 atom stereocenters. The molecule has 29 heavy (non-hydrogen) atoms. The van der Waals surface area contributed by atoms with Gasteiger partial charge in [-0.05, 0) is 12.8 Å². The molecule has 2 aliphatic rings. The van der Waals surface area contributed by atoms with E-state index in [0.29, 0.717) is 18.5 Å². The Morgan fingerprint density at radius 2 is 1.97 bits per heavy atom. The Kier molecular flexibility index (Phi) is 10.7. The predicted octanol–water partition coefficient (Wildman–Crippen LogP) is 1.82. The Morgan fingerprint density at radius 1 is 1.17 bits per heavy atom. The van der Waals surface area contributed by atoms with Gasteiger partial charge in [-0.3, -0.25) is 9.89 Å². The van der Waals surface area contributed by atoms with Crippen molar-refractivity contribution < 1.29 is 14.0 Å². The lowest BCUT2D eigenvalue weighted by Crippen LogP contribution is -2.53. The predicted molar refractivity (Wildman–Crippen MR) is 124 cm³/mol. The third kappa shape index (κ3) is 6.53. The van der Waals surface area contributed by atoms with Gasteiger partial charge in [-0.2, -0.15) is 0 Å². The lowest BCUT2D eigenvalue weighted by Gasteiger charge is -2.37. The number of aryl methyl sites for hydroxylation is 2.